The van der Waals surface area contributed by atoms with Crippen LogP contribution in [0.4, 0.5) is 4.39 Å². The Morgan fingerprint density at radius 1 is 0.903 bits per heavy atom. The van der Waals surface area contributed by atoms with Crippen LogP contribution in [0.15, 0.2) is 89.6 Å². The molecule has 158 valence electrons. The highest BCUT2D eigenvalue weighted by molar-refractivity contribution is 5.84. The van der Waals surface area contributed by atoms with Crippen LogP contribution in [0.25, 0.3) is 11.1 Å². The van der Waals surface area contributed by atoms with Crippen molar-refractivity contribution in [2.45, 2.75) is 39.0 Å². The Bertz CT molecular complexity index is 1050. The van der Waals surface area contributed by atoms with Crippen molar-refractivity contribution in [3.05, 3.63) is 107 Å². The number of halogens is 1. The van der Waals surface area contributed by atoms with E-state index in [1.807, 2.05) is 42.5 Å². The van der Waals surface area contributed by atoms with Gasteiger partial charge in [-0.3, -0.25) is 0 Å². The van der Waals surface area contributed by atoms with E-state index in [1.165, 1.54) is 17.2 Å². The molecule has 0 atom stereocenters. The summed E-state index contributed by atoms with van der Waals surface area (Å²) in [5.41, 5.74) is 5.72. The zero-order valence-electron chi connectivity index (χ0n) is 18.1. The average Bonchev–Trinajstić information content (AvgIpc) is 2.79. The van der Waals surface area contributed by atoms with Crippen LogP contribution in [0, 0.1) is 5.82 Å². The molecule has 3 heteroatoms. The van der Waals surface area contributed by atoms with Gasteiger partial charge in [0.2, 0.25) is 0 Å². The highest BCUT2D eigenvalue weighted by Gasteiger charge is 2.06. The first-order valence-electron chi connectivity index (χ1n) is 10.9. The molecule has 0 spiro atoms. The van der Waals surface area contributed by atoms with E-state index in [1.54, 1.807) is 18.5 Å². The molecule has 0 aliphatic heterocycles. The van der Waals surface area contributed by atoms with Gasteiger partial charge in [0.05, 0.1) is 12.4 Å². The lowest BCUT2D eigenvalue weighted by molar-refractivity contribution is 0.631. The van der Waals surface area contributed by atoms with Crippen molar-refractivity contribution in [2.75, 3.05) is 0 Å². The molecule has 0 unspecified atom stereocenters. The van der Waals surface area contributed by atoms with Gasteiger partial charge >= 0.3 is 0 Å². The van der Waals surface area contributed by atoms with Gasteiger partial charge in [0.25, 0.3) is 0 Å². The summed E-state index contributed by atoms with van der Waals surface area (Å²) in [6.45, 7) is 5.92. The zero-order valence-corrected chi connectivity index (χ0v) is 18.1. The Labute approximate surface area is 184 Å². The van der Waals surface area contributed by atoms with Crippen molar-refractivity contribution >= 4 is 12.4 Å². The van der Waals surface area contributed by atoms with Gasteiger partial charge in [0.15, 0.2) is 0 Å². The molecule has 0 saturated heterocycles. The first-order valence-corrected chi connectivity index (χ1v) is 10.9. The third kappa shape index (κ3) is 6.58. The Kier molecular flexibility index (Phi) is 8.48. The average molecular weight is 413 g/mol. The number of benzene rings is 3. The van der Waals surface area contributed by atoms with Crippen LogP contribution in [0.2, 0.25) is 0 Å². The van der Waals surface area contributed by atoms with E-state index in [4.69, 9.17) is 0 Å². The molecule has 3 aromatic carbocycles. The molecule has 31 heavy (non-hydrogen) atoms. The van der Waals surface area contributed by atoms with Crippen LogP contribution in [-0.2, 0) is 12.8 Å². The van der Waals surface area contributed by atoms with Crippen molar-refractivity contribution < 1.29 is 4.39 Å². The molecular weight excluding hydrogens is 383 g/mol. The summed E-state index contributed by atoms with van der Waals surface area (Å²) in [7, 11) is 0. The lowest BCUT2D eigenvalue weighted by atomic mass is 10.0. The largest absolute Gasteiger partial charge is 0.206 e. The van der Waals surface area contributed by atoms with Gasteiger partial charge in [0, 0.05) is 5.56 Å². The molecule has 0 heterocycles. The summed E-state index contributed by atoms with van der Waals surface area (Å²) >= 11 is 0. The third-order valence-electron chi connectivity index (χ3n) is 5.18. The fraction of sp³-hybridized carbons (Fsp3) is 0.214. The molecule has 0 amide bonds. The van der Waals surface area contributed by atoms with Crippen LogP contribution in [0.5, 0.6) is 0 Å². The normalized spacial score (nSPS) is 11.4. The fourth-order valence-corrected chi connectivity index (χ4v) is 3.51. The predicted molar refractivity (Wildman–Crippen MR) is 131 cm³/mol. The molecule has 2 nitrogen and oxygen atoms in total. The van der Waals surface area contributed by atoms with Gasteiger partial charge < -0.3 is 0 Å². The number of hydrogen-bond donors (Lipinski definition) is 0. The number of aryl methyl sites for hydroxylation is 2. The molecule has 0 N–H and O–H groups in total. The molecule has 0 aliphatic rings. The van der Waals surface area contributed by atoms with Gasteiger partial charge in [-0.25, -0.2) is 4.39 Å². The second-order valence-corrected chi connectivity index (χ2v) is 7.56. The molecule has 0 aromatic heterocycles. The van der Waals surface area contributed by atoms with Crippen molar-refractivity contribution in [3.63, 3.8) is 0 Å². The summed E-state index contributed by atoms with van der Waals surface area (Å²) in [5.74, 6) is -0.260. The quantitative estimate of drug-likeness (QED) is 0.143. The van der Waals surface area contributed by atoms with Crippen LogP contribution in [-0.4, -0.2) is 12.4 Å². The second kappa shape index (κ2) is 11.8. The van der Waals surface area contributed by atoms with E-state index in [-0.39, 0.29) is 5.82 Å². The minimum absolute atomic E-state index is 0.260. The van der Waals surface area contributed by atoms with E-state index in [2.05, 4.69) is 41.9 Å². The summed E-state index contributed by atoms with van der Waals surface area (Å²) in [6.07, 6.45) is 10.4. The van der Waals surface area contributed by atoms with E-state index < -0.39 is 0 Å². The van der Waals surface area contributed by atoms with Gasteiger partial charge in [0.1, 0.15) is 5.82 Å². The maximum atomic E-state index is 14.7. The van der Waals surface area contributed by atoms with Crippen LogP contribution < -0.4 is 0 Å². The summed E-state index contributed by atoms with van der Waals surface area (Å²) in [5, 5.41) is 8.28. The van der Waals surface area contributed by atoms with Gasteiger partial charge in [-0.15, -0.1) is 6.58 Å². The van der Waals surface area contributed by atoms with Crippen LogP contribution in [0.3, 0.4) is 0 Å². The Hall–Kier alpha value is -3.33. The minimum atomic E-state index is -0.260. The molecule has 3 aromatic rings. The SMILES string of the molecule is C=CCCCc1ccccc1C=NN=Cc1ccc(-c2ccc(CCC)cc2)c(F)c1. The highest BCUT2D eigenvalue weighted by atomic mass is 19.1. The Balaban J connectivity index is 1.67. The fourth-order valence-electron chi connectivity index (χ4n) is 3.51. The van der Waals surface area contributed by atoms with Crippen molar-refractivity contribution in [1.82, 2.24) is 0 Å². The van der Waals surface area contributed by atoms with Crippen molar-refractivity contribution in [3.8, 4) is 11.1 Å². The molecule has 0 saturated carbocycles. The lowest BCUT2D eigenvalue weighted by Crippen LogP contribution is -1.93. The topological polar surface area (TPSA) is 24.7 Å². The highest BCUT2D eigenvalue weighted by Crippen LogP contribution is 2.24. The number of allylic oxidation sites excluding steroid dienone is 1. The van der Waals surface area contributed by atoms with E-state index in [0.29, 0.717) is 11.1 Å². The minimum Gasteiger partial charge on any atom is -0.206 e. The first kappa shape index (κ1) is 22.4. The first-order chi connectivity index (χ1) is 15.2. The number of hydrogen-bond acceptors (Lipinski definition) is 2. The van der Waals surface area contributed by atoms with Gasteiger partial charge in [-0.2, -0.15) is 10.2 Å². The maximum Gasteiger partial charge on any atom is 0.131 e. The third-order valence-corrected chi connectivity index (χ3v) is 5.18. The maximum absolute atomic E-state index is 14.7. The van der Waals surface area contributed by atoms with Gasteiger partial charge in [-0.05, 0) is 59.6 Å². The molecule has 0 radical (unpaired) electrons. The number of unbranched alkanes of at least 4 members (excludes halogenated alkanes) is 1. The second-order valence-electron chi connectivity index (χ2n) is 7.56. The molecular formula is C28H29FN2. The molecule has 0 fully saturated rings. The predicted octanol–water partition coefficient (Wildman–Crippen LogP) is 7.41. The van der Waals surface area contributed by atoms with E-state index in [0.717, 1.165) is 43.2 Å². The Morgan fingerprint density at radius 3 is 2.42 bits per heavy atom. The Morgan fingerprint density at radius 2 is 1.68 bits per heavy atom. The molecule has 0 aliphatic carbocycles. The lowest BCUT2D eigenvalue weighted by Gasteiger charge is -2.06. The summed E-state index contributed by atoms with van der Waals surface area (Å²) in [4.78, 5) is 0. The van der Waals surface area contributed by atoms with Crippen LogP contribution in [0.1, 0.15) is 48.4 Å². The summed E-state index contributed by atoms with van der Waals surface area (Å²) < 4.78 is 14.7. The molecule has 3 rings (SSSR count). The number of nitrogens with zero attached hydrogens (tertiary/aromatic N) is 2. The van der Waals surface area contributed by atoms with Gasteiger partial charge in [-0.1, -0.05) is 80.1 Å². The van der Waals surface area contributed by atoms with Crippen LogP contribution >= 0.6 is 0 Å². The monoisotopic (exact) mass is 412 g/mol. The molecule has 0 bridgehead atoms. The zero-order chi connectivity index (χ0) is 21.9. The standard InChI is InChI=1S/C28H29FN2/c1-3-5-6-10-24-11-7-8-12-26(24)21-31-30-20-23-15-18-27(28(29)19-23)25-16-13-22(9-4-2)14-17-25/h3,7-8,11-21H,1,4-6,9-10H2,2H3. The van der Waals surface area contributed by atoms with E-state index in [9.17, 15) is 4.39 Å². The summed E-state index contributed by atoms with van der Waals surface area (Å²) in [6, 6.07) is 21.4. The van der Waals surface area contributed by atoms with Crippen molar-refractivity contribution in [2.24, 2.45) is 10.2 Å². The van der Waals surface area contributed by atoms with Crippen molar-refractivity contribution in [1.29, 1.82) is 0 Å². The van der Waals surface area contributed by atoms with E-state index >= 15 is 0 Å². The smallest absolute Gasteiger partial charge is 0.131 e. The number of rotatable bonds is 10.